The molecule has 0 spiro atoms. The van der Waals surface area contributed by atoms with Crippen LogP contribution >= 0.6 is 15.9 Å². The standard InChI is InChI=1S/C29H34N4O4Si.C23H20N4O3.C15H22N2O2Si.C14H13BrN2O2.2CH4.B.V/c1-38(2,3)17-16-35-20-33-27(14-15-31-33)21-4-7-23(8-5-21)36-24-9-11-26-22(18-24)6-13-29(32-26)37-25-10-12-28(34)30-19-25;28-22-9-7-19(14-24-22)30-23-10-3-16-13-18(6-8-20(16)26-23)29-17-4-1-15(2-5-17)21-11-12-25-27-21;1-20(2,3)11-10-19-12-17-15(8-9-16-17)13-4-6-14(18)7-5-13;15-10-2-4-12-9(7-10)1-6-14(17-12)19-11-3-5-13(18)16-8-11;;;;/h4-9,11,13-15,18,25H,10,12,16-17,19-20H2,1-3H3,(H,30,34);1-6,8,10-13,19H,7,9,14H2,(H,24,28)(H,25,27);4-9,18H,10-12H2,1-3H3;1-2,4,6-7,11H,3,5,8H2,(H,16,18);2*1H4;;/t25-;19-;;11-;;;;/m00.0..../s1. The average molecular weight is 1640 g/mol. The molecule has 0 unspecified atom stereocenters. The van der Waals surface area contributed by atoms with Gasteiger partial charge in [0.2, 0.25) is 35.4 Å². The molecule has 3 fully saturated rings. The molecule has 0 aliphatic carbocycles. The first kappa shape index (κ1) is 86.5. The molecule has 3 aliphatic heterocycles. The zero-order chi connectivity index (χ0) is 74.7. The molecule has 4 radical (unpaired) electrons. The Hall–Kier alpha value is -10.1. The SMILES string of the molecule is C.C.C[Si](C)(C)CCOCn1nccc1-c1ccc(O)cc1.C[Si](C)(C)CCOCn1nccc1-c1ccc(Oc2ccc3nc(O[C@H]4CCC(=O)NC4)ccc3c2)cc1.O=C1CC[C@H](Oc2ccc3cc(Br)ccc3n2)CN1.O=C1CC[C@H](Oc2ccc3cc(Oc4ccc(-c5ccn[nH]5)cc4)ccc3n2)CN1.[B].[V]. The Labute approximate surface area is 672 Å². The second-order valence-corrected chi connectivity index (χ2v) is 40.8. The van der Waals surface area contributed by atoms with Crippen molar-refractivity contribution in [3.05, 3.63) is 205 Å². The number of ether oxygens (including phenoxy) is 7. The molecule has 9 heterocycles. The average Bonchev–Trinajstić information content (AvgIpc) is 0.838. The number of H-pyrrole nitrogens is 1. The zero-order valence-corrected chi connectivity index (χ0v) is 66.9. The van der Waals surface area contributed by atoms with E-state index in [9.17, 15) is 19.5 Å². The van der Waals surface area contributed by atoms with Crippen molar-refractivity contribution in [2.24, 2.45) is 0 Å². The summed E-state index contributed by atoms with van der Waals surface area (Å²) in [6, 6.07) is 60.1. The summed E-state index contributed by atoms with van der Waals surface area (Å²) in [6.45, 7) is 18.1. The third kappa shape index (κ3) is 26.3. The summed E-state index contributed by atoms with van der Waals surface area (Å²) in [4.78, 5) is 47.4. The van der Waals surface area contributed by atoms with Gasteiger partial charge in [0.1, 0.15) is 60.5 Å². The predicted octanol–water partition coefficient (Wildman–Crippen LogP) is 17.0. The topological polar surface area (TPSA) is 275 Å². The molecule has 3 aliphatic rings. The quantitative estimate of drug-likeness (QED) is 0.0294. The van der Waals surface area contributed by atoms with E-state index in [0.29, 0.717) is 82.8 Å². The minimum Gasteiger partial charge on any atom is -0.508 e. The molecule has 3 atom stereocenters. The number of hydrogen-bond donors (Lipinski definition) is 5. The van der Waals surface area contributed by atoms with E-state index in [1.54, 1.807) is 30.7 Å². The maximum atomic E-state index is 11.4. The normalized spacial score (nSPS) is 15.2. The molecule has 5 N–H and O–H groups in total. The number of aromatic hydroxyl groups is 1. The van der Waals surface area contributed by atoms with Gasteiger partial charge in [-0.3, -0.25) is 19.5 Å². The minimum atomic E-state index is -1.11. The molecule has 6 aromatic carbocycles. The van der Waals surface area contributed by atoms with Crippen LogP contribution in [0.25, 0.3) is 66.5 Å². The number of phenolic OH excluding ortho intramolecular Hbond substituents is 1. The van der Waals surface area contributed by atoms with Crippen LogP contribution in [0.15, 0.2) is 205 Å². The van der Waals surface area contributed by atoms with Crippen molar-refractivity contribution < 1.29 is 71.2 Å². The van der Waals surface area contributed by atoms with Gasteiger partial charge in [-0.2, -0.15) is 15.3 Å². The van der Waals surface area contributed by atoms with Gasteiger partial charge in [-0.15, -0.1) is 0 Å². The van der Waals surface area contributed by atoms with Crippen LogP contribution in [0.3, 0.4) is 0 Å². The Morgan fingerprint density at radius 2 is 0.838 bits per heavy atom. The molecule has 12 aromatic rings. The van der Waals surface area contributed by atoms with Crippen LogP contribution in [0.1, 0.15) is 53.4 Å². The number of fused-ring (bicyclic) bond motifs is 3. The van der Waals surface area contributed by atoms with E-state index >= 15 is 0 Å². The number of hydrogen-bond acceptors (Lipinski definition) is 17. The van der Waals surface area contributed by atoms with Gasteiger partial charge in [0, 0.05) is 144 Å². The monoisotopic (exact) mass is 1630 g/mol. The van der Waals surface area contributed by atoms with E-state index in [0.717, 1.165) is 126 Å². The molecule has 6 aromatic heterocycles. The van der Waals surface area contributed by atoms with Gasteiger partial charge in [0.05, 0.1) is 53.3 Å². The Morgan fingerprint density at radius 1 is 0.459 bits per heavy atom. The van der Waals surface area contributed by atoms with Crippen molar-refractivity contribution in [2.45, 2.75) is 137 Å². The molecule has 23 nitrogen and oxygen atoms in total. The number of halogens is 1. The van der Waals surface area contributed by atoms with E-state index < -0.39 is 16.1 Å². The Morgan fingerprint density at radius 3 is 1.22 bits per heavy atom. The number of rotatable bonds is 23. The van der Waals surface area contributed by atoms with Crippen molar-refractivity contribution in [1.82, 2.24) is 60.7 Å². The maximum absolute atomic E-state index is 11.4. The number of benzene rings is 6. The van der Waals surface area contributed by atoms with Crippen LogP contribution in [0.4, 0.5) is 0 Å². The van der Waals surface area contributed by atoms with E-state index in [4.69, 9.17) is 33.2 Å². The van der Waals surface area contributed by atoms with Crippen LogP contribution in [-0.2, 0) is 55.9 Å². The van der Waals surface area contributed by atoms with Gasteiger partial charge in [0.25, 0.3) is 0 Å². The Balaban J connectivity index is 0.000000191. The number of aromatic amines is 1. The number of amides is 3. The number of nitrogens with zero attached hydrogens (tertiary/aromatic N) is 8. The van der Waals surface area contributed by atoms with Gasteiger partial charge in [-0.25, -0.2) is 24.3 Å². The summed E-state index contributed by atoms with van der Waals surface area (Å²) in [5.74, 6) is 5.21. The number of piperidine rings is 3. The first-order valence-electron chi connectivity index (χ1n) is 35.9. The second-order valence-electron chi connectivity index (χ2n) is 28.6. The number of carbonyl (C=O) groups excluding carboxylic acids is 3. The third-order valence-electron chi connectivity index (χ3n) is 17.7. The second kappa shape index (κ2) is 41.2. The fourth-order valence-electron chi connectivity index (χ4n) is 11.7. The number of phenols is 1. The van der Waals surface area contributed by atoms with Crippen LogP contribution in [0.2, 0.25) is 51.4 Å². The van der Waals surface area contributed by atoms with Crippen molar-refractivity contribution in [3.8, 4) is 80.2 Å². The first-order valence-corrected chi connectivity index (χ1v) is 44.1. The van der Waals surface area contributed by atoms with Gasteiger partial charge in [-0.1, -0.05) is 70.1 Å². The predicted molar refractivity (Wildman–Crippen MR) is 441 cm³/mol. The van der Waals surface area contributed by atoms with Crippen molar-refractivity contribution in [3.63, 3.8) is 0 Å². The van der Waals surface area contributed by atoms with Crippen molar-refractivity contribution in [2.75, 3.05) is 32.8 Å². The van der Waals surface area contributed by atoms with Crippen LogP contribution in [0.5, 0.6) is 46.4 Å². The van der Waals surface area contributed by atoms with Gasteiger partial charge in [0.15, 0.2) is 0 Å². The molecule has 0 saturated carbocycles. The van der Waals surface area contributed by atoms with Crippen molar-refractivity contribution in [1.29, 1.82) is 0 Å². The number of nitrogens with one attached hydrogen (secondary N) is 4. The summed E-state index contributed by atoms with van der Waals surface area (Å²) >= 11 is 3.44. The zero-order valence-electron chi connectivity index (χ0n) is 61.9. The summed E-state index contributed by atoms with van der Waals surface area (Å²) in [5.41, 5.74) is 8.65. The van der Waals surface area contributed by atoms with Crippen molar-refractivity contribution >= 4 is 90.9 Å². The summed E-state index contributed by atoms with van der Waals surface area (Å²) in [7, 11) is -2.16. The number of aromatic nitrogens is 9. The van der Waals surface area contributed by atoms with Gasteiger partial charge < -0.3 is 54.2 Å². The number of carbonyl (C=O) groups is 3. The van der Waals surface area contributed by atoms with E-state index in [-0.39, 0.29) is 83.6 Å². The number of pyridine rings is 3. The van der Waals surface area contributed by atoms with E-state index in [1.165, 1.54) is 0 Å². The fraction of sp³-hybridized carbons (Fsp3) is 0.313. The fourth-order valence-corrected chi connectivity index (χ4v) is 13.5. The molecule has 28 heteroatoms. The van der Waals surface area contributed by atoms with E-state index in [2.05, 4.69) is 107 Å². The van der Waals surface area contributed by atoms with Gasteiger partial charge >= 0.3 is 0 Å². The molecule has 3 saturated heterocycles. The Bertz CT molecular complexity index is 4930. The molecule has 3 amide bonds. The van der Waals surface area contributed by atoms with E-state index in [1.807, 2.05) is 179 Å². The largest absolute Gasteiger partial charge is 0.508 e. The molecule has 578 valence electrons. The third-order valence-corrected chi connectivity index (χ3v) is 21.6. The maximum Gasteiger partial charge on any atom is 0.220 e. The smallest absolute Gasteiger partial charge is 0.220 e. The van der Waals surface area contributed by atoms with Crippen LogP contribution < -0.4 is 39.6 Å². The molecule has 15 rings (SSSR count). The summed E-state index contributed by atoms with van der Waals surface area (Å²) < 4.78 is 46.2. The van der Waals surface area contributed by atoms with Crippen LogP contribution in [-0.4, -0.2) is 143 Å². The minimum absolute atomic E-state index is 0. The van der Waals surface area contributed by atoms with Gasteiger partial charge in [-0.05, 0) is 201 Å². The molecular weight excluding hydrogens is 1540 g/mol. The Kier molecular flexibility index (Phi) is 32.1. The molecule has 111 heavy (non-hydrogen) atoms. The molecular formula is C83H97BBrN12O11Si2V. The molecule has 0 bridgehead atoms. The summed E-state index contributed by atoms with van der Waals surface area (Å²) in [5, 5.41) is 36.4. The first-order chi connectivity index (χ1) is 51.7. The van der Waals surface area contributed by atoms with Crippen LogP contribution in [0, 0.1) is 0 Å². The summed E-state index contributed by atoms with van der Waals surface area (Å²) in [6.07, 6.45) is 8.85.